The molecule has 0 aromatic rings. The lowest BCUT2D eigenvalue weighted by atomic mass is 10.7. The molecule has 0 saturated heterocycles. The van der Waals surface area contributed by atoms with Gasteiger partial charge in [0.15, 0.2) is 0 Å². The number of carbonyl (C=O) groups is 2. The summed E-state index contributed by atoms with van der Waals surface area (Å²) in [6, 6.07) is -2.10. The number of rotatable bonds is 3. The summed E-state index contributed by atoms with van der Waals surface area (Å²) >= 11 is 5.04. The summed E-state index contributed by atoms with van der Waals surface area (Å²) in [5.41, 5.74) is 0. The lowest BCUT2D eigenvalue weighted by Crippen LogP contribution is -2.13. The van der Waals surface area contributed by atoms with Gasteiger partial charge in [-0.3, -0.25) is 0 Å². The first-order chi connectivity index (χ1) is 4.18. The molecule has 0 aliphatic heterocycles. The van der Waals surface area contributed by atoms with E-state index < -0.39 is 12.0 Å². The fraction of sp³-hybridized carbons (Fsp3) is 0.500. The van der Waals surface area contributed by atoms with Crippen molar-refractivity contribution in [2.45, 2.75) is 0 Å². The van der Waals surface area contributed by atoms with Gasteiger partial charge >= 0.3 is 12.0 Å². The number of carbonyl (C=O) groups excluding carboxylic acids is 2. The third-order valence-electron chi connectivity index (χ3n) is 0.471. The number of hydrogen-bond donors (Lipinski definition) is 0. The molecule has 0 bridgehead atoms. The number of halogens is 2. The van der Waals surface area contributed by atoms with Gasteiger partial charge in [0, 0.05) is 0 Å². The number of alkyl halides is 1. The van der Waals surface area contributed by atoms with Crippen LogP contribution >= 0.6 is 11.6 Å². The van der Waals surface area contributed by atoms with Crippen LogP contribution in [0.5, 0.6) is 0 Å². The van der Waals surface area contributed by atoms with Crippen LogP contribution in [-0.2, 0) is 14.3 Å². The molecule has 0 spiro atoms. The zero-order chi connectivity index (χ0) is 7.28. The first-order valence-electron chi connectivity index (χ1n) is 2.11. The zero-order valence-electron chi connectivity index (χ0n) is 4.39. The molecule has 0 atom stereocenters. The Hall–Kier alpha value is -0.640. The molecule has 52 valence electrons. The van der Waals surface area contributed by atoms with Crippen molar-refractivity contribution in [3.63, 3.8) is 0 Å². The van der Waals surface area contributed by atoms with E-state index in [1.807, 2.05) is 0 Å². The molecule has 0 heterocycles. The highest BCUT2D eigenvalue weighted by molar-refractivity contribution is 6.29. The number of esters is 1. The van der Waals surface area contributed by atoms with Crippen LogP contribution < -0.4 is 0 Å². The van der Waals surface area contributed by atoms with Crippen LogP contribution in [0.1, 0.15) is 0 Å². The Morgan fingerprint density at radius 1 is 1.56 bits per heavy atom. The van der Waals surface area contributed by atoms with Crippen molar-refractivity contribution in [3.8, 4) is 0 Å². The van der Waals surface area contributed by atoms with Crippen LogP contribution in [0.4, 0.5) is 4.39 Å². The molecule has 0 aromatic carbocycles. The third kappa shape index (κ3) is 3.90. The molecular weight excluding hydrogens is 150 g/mol. The van der Waals surface area contributed by atoms with Gasteiger partial charge < -0.3 is 4.74 Å². The Bertz CT molecular complexity index is 125. The van der Waals surface area contributed by atoms with E-state index in [9.17, 15) is 14.0 Å². The van der Waals surface area contributed by atoms with Crippen molar-refractivity contribution in [3.05, 3.63) is 0 Å². The minimum atomic E-state index is -2.10. The molecule has 9 heavy (non-hydrogen) atoms. The zero-order valence-corrected chi connectivity index (χ0v) is 5.15. The minimum absolute atomic E-state index is 0.0546. The van der Waals surface area contributed by atoms with Crippen LogP contribution in [0.3, 0.4) is 0 Å². The molecule has 0 N–H and O–H groups in total. The molecule has 0 saturated carbocycles. The predicted octanol–water partition coefficient (Wildman–Crippen LogP) is 0.264. The molecule has 5 heteroatoms. The Kier molecular flexibility index (Phi) is 3.96. The first kappa shape index (κ1) is 8.36. The summed E-state index contributed by atoms with van der Waals surface area (Å²) in [5.74, 6) is -1.44. The second kappa shape index (κ2) is 4.26. The molecule has 0 unspecified atom stereocenters. The first-order valence-corrected chi connectivity index (χ1v) is 2.64. The van der Waals surface area contributed by atoms with Gasteiger partial charge in [-0.25, -0.2) is 9.59 Å². The van der Waals surface area contributed by atoms with Gasteiger partial charge in [0.25, 0.3) is 0 Å². The Morgan fingerprint density at radius 2 is 2.11 bits per heavy atom. The van der Waals surface area contributed by atoms with Crippen LogP contribution in [0, 0.1) is 0 Å². The minimum Gasteiger partial charge on any atom is -0.457 e. The third-order valence-corrected chi connectivity index (χ3v) is 0.625. The second-order valence-corrected chi connectivity index (χ2v) is 1.48. The highest BCUT2D eigenvalue weighted by Crippen LogP contribution is 1.83. The average Bonchev–Trinajstić information content (AvgIpc) is 1.82. The summed E-state index contributed by atoms with van der Waals surface area (Å²) in [6.45, 7) is -0.143. The standard InChI is InChI=1S/C4H4ClFO3/c5-1-2-9-4(8)3(6)7/h1-2H2. The van der Waals surface area contributed by atoms with E-state index in [2.05, 4.69) is 4.74 Å². The van der Waals surface area contributed by atoms with E-state index in [0.29, 0.717) is 0 Å². The van der Waals surface area contributed by atoms with E-state index in [-0.39, 0.29) is 12.5 Å². The van der Waals surface area contributed by atoms with Crippen LogP contribution in [0.25, 0.3) is 0 Å². The number of ether oxygens (including phenoxy) is 1. The molecular formula is C4H4ClFO3. The molecule has 0 aliphatic carbocycles. The smallest absolute Gasteiger partial charge is 0.409 e. The largest absolute Gasteiger partial charge is 0.457 e. The van der Waals surface area contributed by atoms with Gasteiger partial charge in [0.2, 0.25) is 0 Å². The van der Waals surface area contributed by atoms with Crippen LogP contribution in [0.2, 0.25) is 0 Å². The second-order valence-electron chi connectivity index (χ2n) is 1.10. The molecule has 0 aliphatic rings. The summed E-state index contributed by atoms with van der Waals surface area (Å²) in [5, 5.41) is 0. The van der Waals surface area contributed by atoms with E-state index in [1.54, 1.807) is 0 Å². The molecule has 0 rings (SSSR count). The maximum absolute atomic E-state index is 11.3. The Morgan fingerprint density at radius 3 is 2.44 bits per heavy atom. The fourth-order valence-electron chi connectivity index (χ4n) is 0.188. The Labute approximate surface area is 55.7 Å². The van der Waals surface area contributed by atoms with Gasteiger partial charge in [-0.2, -0.15) is 4.39 Å². The molecule has 0 aromatic heterocycles. The predicted molar refractivity (Wildman–Crippen MR) is 27.8 cm³/mol. The average molecular weight is 155 g/mol. The van der Waals surface area contributed by atoms with Crippen molar-refractivity contribution in [2.24, 2.45) is 0 Å². The Balaban J connectivity index is 3.39. The van der Waals surface area contributed by atoms with Crippen molar-refractivity contribution >= 4 is 23.6 Å². The molecule has 0 fully saturated rings. The van der Waals surface area contributed by atoms with Crippen LogP contribution in [0.15, 0.2) is 0 Å². The monoisotopic (exact) mass is 154 g/mol. The van der Waals surface area contributed by atoms with Gasteiger partial charge in [0.05, 0.1) is 5.88 Å². The quantitative estimate of drug-likeness (QED) is 0.254. The molecule has 3 nitrogen and oxygen atoms in total. The van der Waals surface area contributed by atoms with Crippen molar-refractivity contribution in [2.75, 3.05) is 12.5 Å². The van der Waals surface area contributed by atoms with Gasteiger partial charge in [0.1, 0.15) is 6.61 Å². The highest BCUT2D eigenvalue weighted by atomic mass is 35.5. The SMILES string of the molecule is O=C(F)C(=O)OCCCl. The van der Waals surface area contributed by atoms with Crippen molar-refractivity contribution < 1.29 is 18.7 Å². The molecule has 0 radical (unpaired) electrons. The summed E-state index contributed by atoms with van der Waals surface area (Å²) in [6.07, 6.45) is 0. The lowest BCUT2D eigenvalue weighted by molar-refractivity contribution is -0.158. The van der Waals surface area contributed by atoms with Gasteiger partial charge in [-0.05, 0) is 0 Å². The van der Waals surface area contributed by atoms with Crippen molar-refractivity contribution in [1.82, 2.24) is 0 Å². The van der Waals surface area contributed by atoms with Crippen molar-refractivity contribution in [1.29, 1.82) is 0 Å². The highest BCUT2D eigenvalue weighted by Gasteiger charge is 2.12. The topological polar surface area (TPSA) is 43.4 Å². The number of hydrogen-bond acceptors (Lipinski definition) is 3. The maximum Gasteiger partial charge on any atom is 0.409 e. The van der Waals surface area contributed by atoms with E-state index in [4.69, 9.17) is 11.6 Å². The van der Waals surface area contributed by atoms with Crippen LogP contribution in [-0.4, -0.2) is 24.5 Å². The fourth-order valence-corrected chi connectivity index (χ4v) is 0.265. The normalized spacial score (nSPS) is 8.67. The summed E-state index contributed by atoms with van der Waals surface area (Å²) in [4.78, 5) is 19.4. The maximum atomic E-state index is 11.3. The van der Waals surface area contributed by atoms with Gasteiger partial charge in [-0.1, -0.05) is 0 Å². The van der Waals surface area contributed by atoms with E-state index >= 15 is 0 Å². The van der Waals surface area contributed by atoms with E-state index in [1.165, 1.54) is 0 Å². The summed E-state index contributed by atoms with van der Waals surface area (Å²) < 4.78 is 15.2. The summed E-state index contributed by atoms with van der Waals surface area (Å²) in [7, 11) is 0. The van der Waals surface area contributed by atoms with E-state index in [0.717, 1.165) is 0 Å². The molecule has 0 amide bonds. The van der Waals surface area contributed by atoms with Gasteiger partial charge in [-0.15, -0.1) is 11.6 Å². The lowest BCUT2D eigenvalue weighted by Gasteiger charge is -1.93.